The van der Waals surface area contributed by atoms with Gasteiger partial charge in [-0.15, -0.1) is 0 Å². The minimum atomic E-state index is 0.0951. The van der Waals surface area contributed by atoms with Crippen molar-refractivity contribution >= 4 is 11.8 Å². The highest BCUT2D eigenvalue weighted by atomic mass is 16.2. The van der Waals surface area contributed by atoms with Gasteiger partial charge >= 0.3 is 0 Å². The van der Waals surface area contributed by atoms with E-state index in [1.54, 1.807) is 12.4 Å². The molecule has 2 aromatic heterocycles. The third kappa shape index (κ3) is 6.65. The Morgan fingerprint density at radius 1 is 0.710 bits per heavy atom. The van der Waals surface area contributed by atoms with Crippen LogP contribution in [0.5, 0.6) is 0 Å². The summed E-state index contributed by atoms with van der Waals surface area (Å²) in [5.74, 6) is 1.88. The summed E-state index contributed by atoms with van der Waals surface area (Å²) < 4.78 is 3.83. The third-order valence-electron chi connectivity index (χ3n) is 5.62. The molecular weight excluding hydrogens is 394 g/mol. The molecule has 0 radical (unpaired) electrons. The molecule has 0 spiro atoms. The minimum absolute atomic E-state index is 0.0951. The number of imidazole rings is 2. The largest absolute Gasteiger partial charge is 0.342 e. The zero-order chi connectivity index (χ0) is 22.8. The van der Waals surface area contributed by atoms with Crippen LogP contribution in [-0.2, 0) is 35.8 Å². The molecule has 2 rings (SSSR count). The summed E-state index contributed by atoms with van der Waals surface area (Å²) in [5, 5.41) is 0. The average molecular weight is 432 g/mol. The molecule has 9 nitrogen and oxygen atoms in total. The zero-order valence-corrected chi connectivity index (χ0v) is 19.6. The molecule has 9 heteroatoms. The Kier molecular flexibility index (Phi) is 9.71. The standard InChI is InChI=1S/C22H37N7O2/c1-6-25(15-19-23-11-13-28(19)17-21(30)26(7-2)8-3)16-20-24-12-14-29(20)18-22(31)27(9-4)10-5/h11-14H,6-10,15-18H2,1-5H3. The van der Waals surface area contributed by atoms with Gasteiger partial charge in [-0.05, 0) is 34.2 Å². The molecule has 0 aliphatic rings. The summed E-state index contributed by atoms with van der Waals surface area (Å²) in [4.78, 5) is 39.8. The van der Waals surface area contributed by atoms with Crippen LogP contribution in [-0.4, -0.2) is 78.3 Å². The molecule has 0 atom stereocenters. The quantitative estimate of drug-likeness (QED) is 0.484. The van der Waals surface area contributed by atoms with Crippen molar-refractivity contribution in [3.05, 3.63) is 36.4 Å². The van der Waals surface area contributed by atoms with E-state index in [2.05, 4.69) is 21.8 Å². The molecular formula is C22H37N7O2. The minimum Gasteiger partial charge on any atom is -0.342 e. The van der Waals surface area contributed by atoms with E-state index in [0.717, 1.165) is 18.2 Å². The second kappa shape index (κ2) is 12.2. The lowest BCUT2D eigenvalue weighted by Gasteiger charge is -2.23. The van der Waals surface area contributed by atoms with Gasteiger partial charge in [0.15, 0.2) is 0 Å². The predicted molar refractivity (Wildman–Crippen MR) is 120 cm³/mol. The summed E-state index contributed by atoms with van der Waals surface area (Å²) in [7, 11) is 0. The number of rotatable bonds is 13. The fourth-order valence-electron chi connectivity index (χ4n) is 3.59. The maximum Gasteiger partial charge on any atom is 0.242 e. The molecule has 31 heavy (non-hydrogen) atoms. The predicted octanol–water partition coefficient (Wildman–Crippen LogP) is 1.84. The Labute approximate surface area is 185 Å². The smallest absolute Gasteiger partial charge is 0.242 e. The molecule has 0 aromatic carbocycles. The number of hydrogen-bond donors (Lipinski definition) is 0. The number of amides is 2. The lowest BCUT2D eigenvalue weighted by atomic mass is 10.4. The second-order valence-corrected chi connectivity index (χ2v) is 7.38. The maximum absolute atomic E-state index is 12.5. The van der Waals surface area contributed by atoms with Gasteiger partial charge in [0.2, 0.25) is 11.8 Å². The van der Waals surface area contributed by atoms with Gasteiger partial charge in [0.25, 0.3) is 0 Å². The first-order chi connectivity index (χ1) is 15.0. The van der Waals surface area contributed by atoms with E-state index in [1.165, 1.54) is 0 Å². The lowest BCUT2D eigenvalue weighted by Crippen LogP contribution is -2.35. The topological polar surface area (TPSA) is 79.5 Å². The van der Waals surface area contributed by atoms with E-state index in [4.69, 9.17) is 0 Å². The van der Waals surface area contributed by atoms with Crippen LogP contribution >= 0.6 is 0 Å². The van der Waals surface area contributed by atoms with Crippen LogP contribution in [0.2, 0.25) is 0 Å². The molecule has 0 saturated heterocycles. The van der Waals surface area contributed by atoms with Crippen LogP contribution in [0.1, 0.15) is 46.3 Å². The molecule has 0 aliphatic carbocycles. The highest BCUT2D eigenvalue weighted by Gasteiger charge is 2.17. The van der Waals surface area contributed by atoms with Crippen LogP contribution in [0.3, 0.4) is 0 Å². The maximum atomic E-state index is 12.5. The fourth-order valence-corrected chi connectivity index (χ4v) is 3.59. The molecule has 0 bridgehead atoms. The number of likely N-dealkylation sites (N-methyl/N-ethyl adjacent to an activating group) is 2. The number of nitrogens with zero attached hydrogens (tertiary/aromatic N) is 7. The van der Waals surface area contributed by atoms with Gasteiger partial charge in [-0.25, -0.2) is 9.97 Å². The van der Waals surface area contributed by atoms with Crippen LogP contribution in [0, 0.1) is 0 Å². The van der Waals surface area contributed by atoms with Gasteiger partial charge in [0.05, 0.1) is 13.1 Å². The number of carbonyl (C=O) groups excluding carboxylic acids is 2. The van der Waals surface area contributed by atoms with Crippen molar-refractivity contribution in [2.75, 3.05) is 32.7 Å². The van der Waals surface area contributed by atoms with Gasteiger partial charge in [-0.3, -0.25) is 14.5 Å². The number of carbonyl (C=O) groups is 2. The van der Waals surface area contributed by atoms with Crippen molar-refractivity contribution in [3.8, 4) is 0 Å². The van der Waals surface area contributed by atoms with Gasteiger partial charge in [0.1, 0.15) is 24.7 Å². The van der Waals surface area contributed by atoms with E-state index in [1.807, 2.05) is 59.0 Å². The summed E-state index contributed by atoms with van der Waals surface area (Å²) in [6.45, 7) is 15.4. The normalized spacial score (nSPS) is 11.2. The van der Waals surface area contributed by atoms with Crippen LogP contribution in [0.4, 0.5) is 0 Å². The number of aromatic nitrogens is 4. The van der Waals surface area contributed by atoms with E-state index in [9.17, 15) is 9.59 Å². The average Bonchev–Trinajstić information content (AvgIpc) is 3.38. The van der Waals surface area contributed by atoms with Crippen molar-refractivity contribution in [3.63, 3.8) is 0 Å². The Bertz CT molecular complexity index is 755. The lowest BCUT2D eigenvalue weighted by molar-refractivity contribution is -0.132. The third-order valence-corrected chi connectivity index (χ3v) is 5.62. The number of hydrogen-bond acceptors (Lipinski definition) is 5. The summed E-state index contributed by atoms with van der Waals surface area (Å²) in [5.41, 5.74) is 0. The first kappa shape index (κ1) is 24.6. The van der Waals surface area contributed by atoms with Crippen molar-refractivity contribution in [1.29, 1.82) is 0 Å². The summed E-state index contributed by atoms with van der Waals surface area (Å²) in [6, 6.07) is 0. The van der Waals surface area contributed by atoms with Crippen molar-refractivity contribution < 1.29 is 9.59 Å². The molecule has 0 aliphatic heterocycles. The second-order valence-electron chi connectivity index (χ2n) is 7.38. The summed E-state index contributed by atoms with van der Waals surface area (Å²) >= 11 is 0. The van der Waals surface area contributed by atoms with Crippen LogP contribution in [0.15, 0.2) is 24.8 Å². The molecule has 0 N–H and O–H groups in total. The highest BCUT2D eigenvalue weighted by molar-refractivity contribution is 5.76. The molecule has 0 unspecified atom stereocenters. The molecule has 0 saturated carbocycles. The van der Waals surface area contributed by atoms with Crippen LogP contribution in [0.25, 0.3) is 0 Å². The first-order valence-corrected chi connectivity index (χ1v) is 11.2. The van der Waals surface area contributed by atoms with Gasteiger partial charge in [-0.1, -0.05) is 6.92 Å². The summed E-state index contributed by atoms with van der Waals surface area (Å²) in [6.07, 6.45) is 7.19. The molecule has 0 fully saturated rings. The van der Waals surface area contributed by atoms with E-state index < -0.39 is 0 Å². The molecule has 2 heterocycles. The van der Waals surface area contributed by atoms with Crippen molar-refractivity contribution in [1.82, 2.24) is 33.8 Å². The Balaban J connectivity index is 2.05. The van der Waals surface area contributed by atoms with E-state index >= 15 is 0 Å². The molecule has 2 aromatic rings. The van der Waals surface area contributed by atoms with Gasteiger partial charge in [0, 0.05) is 51.0 Å². The SMILES string of the molecule is CCN(Cc1nccn1CC(=O)N(CC)CC)Cc1nccn1CC(=O)N(CC)CC. The highest BCUT2D eigenvalue weighted by Crippen LogP contribution is 2.10. The van der Waals surface area contributed by atoms with Crippen molar-refractivity contribution in [2.24, 2.45) is 0 Å². The van der Waals surface area contributed by atoms with E-state index in [-0.39, 0.29) is 11.8 Å². The fraction of sp³-hybridized carbons (Fsp3) is 0.636. The van der Waals surface area contributed by atoms with Gasteiger partial charge in [-0.2, -0.15) is 0 Å². The Hall–Kier alpha value is -2.68. The van der Waals surface area contributed by atoms with Crippen molar-refractivity contribution in [2.45, 2.75) is 60.8 Å². The first-order valence-electron chi connectivity index (χ1n) is 11.2. The molecule has 2 amide bonds. The van der Waals surface area contributed by atoms with Crippen LogP contribution < -0.4 is 0 Å². The monoisotopic (exact) mass is 431 g/mol. The Morgan fingerprint density at radius 2 is 1.10 bits per heavy atom. The van der Waals surface area contributed by atoms with Gasteiger partial charge < -0.3 is 18.9 Å². The van der Waals surface area contributed by atoms with E-state index in [0.29, 0.717) is 52.4 Å². The Morgan fingerprint density at radius 3 is 1.42 bits per heavy atom. The molecule has 172 valence electrons. The zero-order valence-electron chi connectivity index (χ0n) is 19.6.